The van der Waals surface area contributed by atoms with Crippen molar-refractivity contribution in [1.29, 1.82) is 0 Å². The predicted octanol–water partition coefficient (Wildman–Crippen LogP) is 5.78. The van der Waals surface area contributed by atoms with Crippen LogP contribution in [0.2, 0.25) is 5.02 Å². The Morgan fingerprint density at radius 3 is 2.38 bits per heavy atom. The van der Waals surface area contributed by atoms with Crippen molar-refractivity contribution in [2.75, 3.05) is 37.6 Å². The van der Waals surface area contributed by atoms with Gasteiger partial charge < -0.3 is 9.80 Å². The first kappa shape index (κ1) is 27.8. The number of para-hydroxylation sites is 1. The number of nitro benzene ring substituents is 1. The van der Waals surface area contributed by atoms with E-state index in [-0.39, 0.29) is 23.0 Å². The molecular weight excluding hydrogens is 572 g/mol. The number of benzene rings is 3. The minimum Gasteiger partial charge on any atom is -0.368 e. The molecule has 2 saturated heterocycles. The number of nitrogens with zero attached hydrogens (tertiary/aromatic N) is 4. The van der Waals surface area contributed by atoms with Crippen LogP contribution in [0.1, 0.15) is 5.56 Å². The van der Waals surface area contributed by atoms with E-state index in [4.69, 9.17) is 11.6 Å². The number of carbonyl (C=O) groups is 3. The van der Waals surface area contributed by atoms with Crippen molar-refractivity contribution in [3.05, 3.63) is 98.4 Å². The van der Waals surface area contributed by atoms with Crippen molar-refractivity contribution in [3.8, 4) is 0 Å². The lowest BCUT2D eigenvalue weighted by atomic mass is 10.2. The van der Waals surface area contributed by atoms with Gasteiger partial charge in [-0.15, -0.1) is 0 Å². The lowest BCUT2D eigenvalue weighted by Gasteiger charge is -2.36. The quantitative estimate of drug-likeness (QED) is 0.192. The monoisotopic (exact) mass is 594 g/mol. The molecule has 2 fully saturated rings. The van der Waals surface area contributed by atoms with Gasteiger partial charge in [-0.2, -0.15) is 0 Å². The fourth-order valence-corrected chi connectivity index (χ4v) is 6.22. The molecule has 0 bridgehead atoms. The Balaban J connectivity index is 1.24. The number of rotatable bonds is 7. The van der Waals surface area contributed by atoms with Gasteiger partial charge in [-0.1, -0.05) is 47.6 Å². The third-order valence-corrected chi connectivity index (χ3v) is 8.67. The molecule has 0 N–H and O–H groups in total. The maximum Gasteiger partial charge on any atom is 0.294 e. The van der Waals surface area contributed by atoms with Crippen molar-refractivity contribution in [1.82, 2.24) is 9.80 Å². The molecule has 3 aromatic rings. The van der Waals surface area contributed by atoms with E-state index in [0.717, 1.165) is 27.2 Å². The first-order valence-electron chi connectivity index (χ1n) is 12.3. The van der Waals surface area contributed by atoms with E-state index in [1.807, 2.05) is 30.3 Å². The van der Waals surface area contributed by atoms with Gasteiger partial charge in [0.25, 0.3) is 16.8 Å². The van der Waals surface area contributed by atoms with Crippen molar-refractivity contribution < 1.29 is 19.3 Å². The summed E-state index contributed by atoms with van der Waals surface area (Å²) in [6, 6.07) is 21.5. The van der Waals surface area contributed by atoms with E-state index >= 15 is 0 Å². The maximum atomic E-state index is 13.0. The molecule has 204 valence electrons. The molecule has 0 spiro atoms. The maximum absolute atomic E-state index is 13.0. The van der Waals surface area contributed by atoms with Gasteiger partial charge in [0.15, 0.2) is 0 Å². The lowest BCUT2D eigenvalue weighted by molar-refractivity contribution is -0.387. The number of piperazine rings is 1. The number of hydrogen-bond acceptors (Lipinski definition) is 8. The Morgan fingerprint density at radius 1 is 1.00 bits per heavy atom. The second-order valence-electron chi connectivity index (χ2n) is 9.01. The highest BCUT2D eigenvalue weighted by molar-refractivity contribution is 8.18. The van der Waals surface area contributed by atoms with Gasteiger partial charge in [-0.3, -0.25) is 29.4 Å². The van der Waals surface area contributed by atoms with Gasteiger partial charge >= 0.3 is 0 Å². The van der Waals surface area contributed by atoms with Crippen LogP contribution < -0.4 is 4.90 Å². The summed E-state index contributed by atoms with van der Waals surface area (Å²) >= 11 is 7.86. The first-order chi connectivity index (χ1) is 19.3. The number of amides is 3. The number of thioether (sulfide) groups is 1. The summed E-state index contributed by atoms with van der Waals surface area (Å²) in [7, 11) is 0. The number of anilines is 1. The number of nitro groups is 1. The van der Waals surface area contributed by atoms with Crippen LogP contribution in [0.5, 0.6) is 0 Å². The van der Waals surface area contributed by atoms with Gasteiger partial charge in [-0.05, 0) is 65.9 Å². The molecule has 0 radical (unpaired) electrons. The molecule has 2 aliphatic heterocycles. The number of imide groups is 1. The van der Waals surface area contributed by atoms with Gasteiger partial charge in [-0.25, -0.2) is 0 Å². The van der Waals surface area contributed by atoms with E-state index in [9.17, 15) is 24.5 Å². The molecule has 0 unspecified atom stereocenters. The zero-order valence-corrected chi connectivity index (χ0v) is 23.5. The smallest absolute Gasteiger partial charge is 0.294 e. The first-order valence-corrected chi connectivity index (χ1v) is 14.3. The molecule has 2 heterocycles. The molecule has 40 heavy (non-hydrogen) atoms. The average molecular weight is 595 g/mol. The van der Waals surface area contributed by atoms with Crippen molar-refractivity contribution in [2.45, 2.75) is 9.79 Å². The number of carbonyl (C=O) groups excluding carboxylic acids is 3. The highest BCUT2D eigenvalue weighted by Crippen LogP contribution is 2.38. The van der Waals surface area contributed by atoms with Gasteiger partial charge in [0.2, 0.25) is 5.91 Å². The zero-order valence-electron chi connectivity index (χ0n) is 21.1. The molecule has 0 aromatic heterocycles. The van der Waals surface area contributed by atoms with Crippen molar-refractivity contribution in [3.63, 3.8) is 0 Å². The molecule has 3 amide bonds. The summed E-state index contributed by atoms with van der Waals surface area (Å²) < 4.78 is 0. The van der Waals surface area contributed by atoms with Crippen molar-refractivity contribution >= 4 is 69.6 Å². The minimum absolute atomic E-state index is 0.110. The summed E-state index contributed by atoms with van der Waals surface area (Å²) in [4.78, 5) is 55.9. The van der Waals surface area contributed by atoms with Gasteiger partial charge in [0, 0.05) is 47.9 Å². The fraction of sp³-hybridized carbons (Fsp3) is 0.179. The lowest BCUT2D eigenvalue weighted by Crippen LogP contribution is -2.51. The molecule has 0 saturated carbocycles. The molecule has 3 aromatic carbocycles. The van der Waals surface area contributed by atoms with Gasteiger partial charge in [0.1, 0.15) is 6.54 Å². The van der Waals surface area contributed by atoms with Crippen LogP contribution in [0.4, 0.5) is 16.2 Å². The fourth-order valence-electron chi connectivity index (χ4n) is 4.36. The summed E-state index contributed by atoms with van der Waals surface area (Å²) in [6.45, 7) is 1.95. The molecule has 5 rings (SSSR count). The molecule has 9 nitrogen and oxygen atoms in total. The summed E-state index contributed by atoms with van der Waals surface area (Å²) in [5, 5.41) is 11.8. The largest absolute Gasteiger partial charge is 0.368 e. The third kappa shape index (κ3) is 6.33. The summed E-state index contributed by atoms with van der Waals surface area (Å²) in [5.74, 6) is -0.885. The Morgan fingerprint density at radius 2 is 1.70 bits per heavy atom. The molecule has 2 aliphatic rings. The Bertz CT molecular complexity index is 1490. The van der Waals surface area contributed by atoms with Crippen molar-refractivity contribution in [2.24, 2.45) is 0 Å². The standard InChI is InChI=1S/C28H23ClN4O5S2/c29-20-7-9-22(10-8-20)39-24-11-6-19(16-23(24)33(37)38)17-25-27(35)32(28(36)40-25)18-26(34)31-14-12-30(13-15-31)21-4-2-1-3-5-21/h1-11,16-17H,12-15,18H2. The van der Waals surface area contributed by atoms with E-state index < -0.39 is 16.1 Å². The van der Waals surface area contributed by atoms with Crippen LogP contribution in [0.3, 0.4) is 0 Å². The second kappa shape index (κ2) is 12.2. The highest BCUT2D eigenvalue weighted by atomic mass is 35.5. The Hall–Kier alpha value is -3.80. The number of halogens is 1. The van der Waals surface area contributed by atoms with Gasteiger partial charge in [0.05, 0.1) is 14.7 Å². The number of hydrogen-bond donors (Lipinski definition) is 0. The van der Waals surface area contributed by atoms with E-state index in [2.05, 4.69) is 4.90 Å². The van der Waals surface area contributed by atoms with Crippen LogP contribution in [-0.4, -0.2) is 64.5 Å². The highest BCUT2D eigenvalue weighted by Gasteiger charge is 2.37. The van der Waals surface area contributed by atoms with Crippen LogP contribution in [0.25, 0.3) is 6.08 Å². The molecule has 0 aliphatic carbocycles. The van der Waals surface area contributed by atoms with E-state index in [1.54, 1.807) is 41.3 Å². The third-order valence-electron chi connectivity index (χ3n) is 6.44. The molecule has 12 heteroatoms. The zero-order chi connectivity index (χ0) is 28.2. The SMILES string of the molecule is O=C(CN1C(=O)SC(=Cc2ccc(Sc3ccc(Cl)cc3)c([N+](=O)[O-])c2)C1=O)N1CCN(c2ccccc2)CC1. The van der Waals surface area contributed by atoms with E-state index in [0.29, 0.717) is 41.7 Å². The summed E-state index contributed by atoms with van der Waals surface area (Å²) in [5.41, 5.74) is 1.36. The molecular formula is C28H23ClN4O5S2. The Labute approximate surface area is 243 Å². The normalized spacial score (nSPS) is 16.6. The van der Waals surface area contributed by atoms with E-state index in [1.165, 1.54) is 23.9 Å². The minimum atomic E-state index is -0.589. The predicted molar refractivity (Wildman–Crippen MR) is 157 cm³/mol. The average Bonchev–Trinajstić information content (AvgIpc) is 3.22. The summed E-state index contributed by atoms with van der Waals surface area (Å²) in [6.07, 6.45) is 1.44. The molecule has 0 atom stereocenters. The topological polar surface area (TPSA) is 104 Å². The van der Waals surface area contributed by atoms with Crippen LogP contribution in [0, 0.1) is 10.1 Å². The second-order valence-corrected chi connectivity index (χ2v) is 11.6. The van der Waals surface area contributed by atoms with Crippen LogP contribution in [0.15, 0.2) is 87.5 Å². The Kier molecular flexibility index (Phi) is 8.43. The van der Waals surface area contributed by atoms with Crippen LogP contribution >= 0.6 is 35.1 Å². The van der Waals surface area contributed by atoms with Crippen LogP contribution in [-0.2, 0) is 9.59 Å².